The summed E-state index contributed by atoms with van der Waals surface area (Å²) in [5.41, 5.74) is 0.752. The first kappa shape index (κ1) is 13.8. The van der Waals surface area contributed by atoms with Gasteiger partial charge in [-0.3, -0.25) is 14.5 Å². The van der Waals surface area contributed by atoms with Gasteiger partial charge in [-0.15, -0.1) is 0 Å². The highest BCUT2D eigenvalue weighted by Gasteiger charge is 2.34. The Labute approximate surface area is 121 Å². The minimum Gasteiger partial charge on any atom is -0.548 e. The summed E-state index contributed by atoms with van der Waals surface area (Å²) in [5.74, 6) is -2.07. The minimum atomic E-state index is -1.47. The van der Waals surface area contributed by atoms with Crippen LogP contribution >= 0.6 is 27.7 Å². The molecular weight excluding hydrogens is 334 g/mol. The van der Waals surface area contributed by atoms with Crippen LogP contribution in [0.5, 0.6) is 0 Å². The number of carboxylic acids is 1. The highest BCUT2D eigenvalue weighted by molar-refractivity contribution is 9.10. The number of carbonyl (C=O) groups is 3. The summed E-state index contributed by atoms with van der Waals surface area (Å²) in [5, 5.41) is 9.86. The van der Waals surface area contributed by atoms with Gasteiger partial charge in [0.15, 0.2) is 0 Å². The lowest BCUT2D eigenvalue weighted by atomic mass is 10.2. The fourth-order valence-electron chi connectivity index (χ4n) is 1.48. The van der Waals surface area contributed by atoms with E-state index >= 15 is 0 Å². The molecule has 19 heavy (non-hydrogen) atoms. The number of nitrogens with zero attached hydrogens (tertiary/aromatic N) is 1. The lowest BCUT2D eigenvalue weighted by molar-refractivity contribution is -0.305. The Morgan fingerprint density at radius 2 is 1.95 bits per heavy atom. The Bertz CT molecular complexity index is 582. The summed E-state index contributed by atoms with van der Waals surface area (Å²) >= 11 is 4.01. The van der Waals surface area contributed by atoms with Gasteiger partial charge in [-0.2, -0.15) is 0 Å². The van der Waals surface area contributed by atoms with Gasteiger partial charge in [0.1, 0.15) is 0 Å². The van der Waals surface area contributed by atoms with Crippen molar-refractivity contribution in [2.24, 2.45) is 0 Å². The van der Waals surface area contributed by atoms with Crippen LogP contribution in [0, 0.1) is 0 Å². The van der Waals surface area contributed by atoms with E-state index in [-0.39, 0.29) is 4.91 Å². The molecule has 0 atom stereocenters. The first-order valence-electron chi connectivity index (χ1n) is 5.18. The quantitative estimate of drug-likeness (QED) is 0.773. The third-order valence-corrected chi connectivity index (χ3v) is 3.76. The van der Waals surface area contributed by atoms with E-state index < -0.39 is 23.7 Å². The Morgan fingerprint density at radius 1 is 1.32 bits per heavy atom. The number of carboxylic acid groups (broad SMARTS) is 1. The predicted octanol–water partition coefficient (Wildman–Crippen LogP) is 1.24. The number of benzene rings is 1. The molecule has 1 aromatic carbocycles. The average molecular weight is 341 g/mol. The molecule has 0 bridgehead atoms. The van der Waals surface area contributed by atoms with Crippen LogP contribution in [0.3, 0.4) is 0 Å². The van der Waals surface area contributed by atoms with E-state index in [1.807, 2.05) is 0 Å². The van der Waals surface area contributed by atoms with Crippen molar-refractivity contribution in [2.45, 2.75) is 0 Å². The van der Waals surface area contributed by atoms with E-state index in [0.29, 0.717) is 4.90 Å². The third kappa shape index (κ3) is 3.24. The van der Waals surface area contributed by atoms with Crippen molar-refractivity contribution in [3.63, 3.8) is 0 Å². The zero-order chi connectivity index (χ0) is 14.0. The van der Waals surface area contributed by atoms with Gasteiger partial charge in [-0.1, -0.05) is 28.1 Å². The van der Waals surface area contributed by atoms with Crippen molar-refractivity contribution in [3.05, 3.63) is 39.2 Å². The van der Waals surface area contributed by atoms with E-state index in [1.54, 1.807) is 30.3 Å². The fourth-order valence-corrected chi connectivity index (χ4v) is 2.58. The van der Waals surface area contributed by atoms with Crippen molar-refractivity contribution in [1.29, 1.82) is 0 Å². The van der Waals surface area contributed by atoms with Gasteiger partial charge in [-0.25, -0.2) is 0 Å². The van der Waals surface area contributed by atoms with Gasteiger partial charge in [0, 0.05) is 4.47 Å². The van der Waals surface area contributed by atoms with Gasteiger partial charge >= 0.3 is 0 Å². The highest BCUT2D eigenvalue weighted by atomic mass is 79.9. The normalized spacial score (nSPS) is 17.3. The number of halogens is 1. The smallest absolute Gasteiger partial charge is 0.293 e. The van der Waals surface area contributed by atoms with E-state index in [2.05, 4.69) is 15.9 Å². The molecule has 0 aromatic heterocycles. The number of hydrogen-bond acceptors (Lipinski definition) is 5. The standard InChI is InChI=1S/C12H8BrNO4S/c13-8-3-1-7(2-4-8)5-9-11(17)14(6-10(15)16)12(18)19-9/h1-5H,6H2,(H,15,16)/p-1. The number of carbonyl (C=O) groups excluding carboxylic acids is 3. The molecule has 2 amide bonds. The molecule has 0 saturated carbocycles. The monoisotopic (exact) mass is 340 g/mol. The molecule has 1 heterocycles. The zero-order valence-corrected chi connectivity index (χ0v) is 11.9. The van der Waals surface area contributed by atoms with Crippen molar-refractivity contribution >= 4 is 50.9 Å². The van der Waals surface area contributed by atoms with E-state index in [4.69, 9.17) is 0 Å². The summed E-state index contributed by atoms with van der Waals surface area (Å²) in [6.45, 7) is -0.720. The number of rotatable bonds is 3. The number of imide groups is 1. The highest BCUT2D eigenvalue weighted by Crippen LogP contribution is 2.31. The average Bonchev–Trinajstić information content (AvgIpc) is 2.60. The summed E-state index contributed by atoms with van der Waals surface area (Å²) in [4.78, 5) is 34.7. The SMILES string of the molecule is O=C([O-])CN1C(=O)SC(=Cc2ccc(Br)cc2)C1=O. The van der Waals surface area contributed by atoms with E-state index in [9.17, 15) is 19.5 Å². The van der Waals surface area contributed by atoms with Crippen LogP contribution in [0.2, 0.25) is 0 Å². The Kier molecular flexibility index (Phi) is 4.06. The summed E-state index contributed by atoms with van der Waals surface area (Å²) in [6, 6.07) is 7.15. The molecule has 0 aliphatic carbocycles. The molecule has 1 aliphatic heterocycles. The molecule has 0 unspecified atom stereocenters. The maximum Gasteiger partial charge on any atom is 0.293 e. The lowest BCUT2D eigenvalue weighted by Crippen LogP contribution is -2.40. The van der Waals surface area contributed by atoms with Crippen LogP contribution in [0.1, 0.15) is 5.56 Å². The molecule has 98 valence electrons. The van der Waals surface area contributed by atoms with Crippen molar-refractivity contribution in [3.8, 4) is 0 Å². The lowest BCUT2D eigenvalue weighted by Gasteiger charge is -2.12. The molecule has 1 aliphatic rings. The van der Waals surface area contributed by atoms with Crippen molar-refractivity contribution < 1.29 is 19.5 Å². The van der Waals surface area contributed by atoms with E-state index in [0.717, 1.165) is 21.8 Å². The van der Waals surface area contributed by atoms with E-state index in [1.165, 1.54) is 0 Å². The second-order valence-corrected chi connectivity index (χ2v) is 5.60. The van der Waals surface area contributed by atoms with Crippen LogP contribution in [0.25, 0.3) is 6.08 Å². The van der Waals surface area contributed by atoms with Gasteiger partial charge in [0.25, 0.3) is 11.1 Å². The molecule has 0 spiro atoms. The second-order valence-electron chi connectivity index (χ2n) is 3.69. The molecule has 0 radical (unpaired) electrons. The van der Waals surface area contributed by atoms with Crippen LogP contribution in [-0.2, 0) is 9.59 Å². The molecule has 1 fully saturated rings. The number of thioether (sulfide) groups is 1. The number of amides is 2. The molecule has 2 rings (SSSR count). The topological polar surface area (TPSA) is 77.5 Å². The molecule has 0 N–H and O–H groups in total. The van der Waals surface area contributed by atoms with Crippen LogP contribution in [0.4, 0.5) is 4.79 Å². The zero-order valence-electron chi connectivity index (χ0n) is 9.46. The molecule has 1 saturated heterocycles. The van der Waals surface area contributed by atoms with Gasteiger partial charge in [0.2, 0.25) is 0 Å². The maximum absolute atomic E-state index is 11.8. The number of aliphatic carboxylic acids is 1. The maximum atomic E-state index is 11.8. The van der Waals surface area contributed by atoms with Gasteiger partial charge < -0.3 is 9.90 Å². The minimum absolute atomic E-state index is 0.202. The molecule has 5 nitrogen and oxygen atoms in total. The third-order valence-electron chi connectivity index (χ3n) is 2.33. The Hall–Kier alpha value is -1.60. The first-order chi connectivity index (χ1) is 8.97. The van der Waals surface area contributed by atoms with Crippen molar-refractivity contribution in [1.82, 2.24) is 4.90 Å². The van der Waals surface area contributed by atoms with Gasteiger partial charge in [0.05, 0.1) is 17.4 Å². The van der Waals surface area contributed by atoms with Crippen molar-refractivity contribution in [2.75, 3.05) is 6.54 Å². The largest absolute Gasteiger partial charge is 0.548 e. The summed E-state index contributed by atoms with van der Waals surface area (Å²) in [6.07, 6.45) is 1.55. The Morgan fingerprint density at radius 3 is 2.53 bits per heavy atom. The fraction of sp³-hybridized carbons (Fsp3) is 0.0833. The van der Waals surface area contributed by atoms with Gasteiger partial charge in [-0.05, 0) is 35.5 Å². The summed E-state index contributed by atoms with van der Waals surface area (Å²) < 4.78 is 0.898. The van der Waals surface area contributed by atoms with Crippen LogP contribution in [-0.4, -0.2) is 28.6 Å². The van der Waals surface area contributed by atoms with Crippen LogP contribution in [0.15, 0.2) is 33.6 Å². The summed E-state index contributed by atoms with van der Waals surface area (Å²) in [7, 11) is 0. The van der Waals surface area contributed by atoms with Crippen LogP contribution < -0.4 is 5.11 Å². The first-order valence-corrected chi connectivity index (χ1v) is 6.79. The second kappa shape index (κ2) is 5.58. The molecule has 1 aromatic rings. The predicted molar refractivity (Wildman–Crippen MR) is 71.8 cm³/mol. The Balaban J connectivity index is 2.23. The molecule has 7 heteroatoms. The molecular formula is C12H7BrNO4S-. The number of hydrogen-bond donors (Lipinski definition) is 0.